The van der Waals surface area contributed by atoms with E-state index in [1.165, 1.54) is 0 Å². The van der Waals surface area contributed by atoms with E-state index in [0.717, 1.165) is 44.9 Å². The molecule has 4 aliphatic rings. The minimum atomic E-state index is -0.292. The second kappa shape index (κ2) is 6.17. The van der Waals surface area contributed by atoms with Crippen molar-refractivity contribution in [3.8, 4) is 0 Å². The molecule has 1 amide bonds. The second-order valence-electron chi connectivity index (χ2n) is 9.97. The molecule has 0 aromatic carbocycles. The Kier molecular flexibility index (Phi) is 4.32. The average molecular weight is 360 g/mol. The maximum absolute atomic E-state index is 12.8. The van der Waals surface area contributed by atoms with Crippen LogP contribution in [0.1, 0.15) is 78.6 Å². The van der Waals surface area contributed by atoms with Crippen molar-refractivity contribution >= 4 is 17.5 Å². The van der Waals surface area contributed by atoms with Gasteiger partial charge in [-0.25, -0.2) is 0 Å². The zero-order valence-corrected chi connectivity index (χ0v) is 16.5. The minimum Gasteiger partial charge on any atom is -0.346 e. The highest BCUT2D eigenvalue weighted by Gasteiger charge is 2.62. The molecule has 26 heavy (non-hydrogen) atoms. The van der Waals surface area contributed by atoms with E-state index in [2.05, 4.69) is 19.2 Å². The van der Waals surface area contributed by atoms with Crippen LogP contribution in [-0.2, 0) is 14.4 Å². The first kappa shape index (κ1) is 18.2. The Morgan fingerprint density at radius 3 is 2.54 bits per heavy atom. The van der Waals surface area contributed by atoms with Crippen molar-refractivity contribution in [2.24, 2.45) is 34.5 Å². The molecule has 0 bridgehead atoms. The Bertz CT molecular complexity index is 643. The van der Waals surface area contributed by atoms with E-state index in [-0.39, 0.29) is 28.6 Å². The molecule has 4 aliphatic carbocycles. The fourth-order valence-corrected chi connectivity index (χ4v) is 7.35. The van der Waals surface area contributed by atoms with Crippen molar-refractivity contribution in [1.82, 2.24) is 5.32 Å². The predicted molar refractivity (Wildman–Crippen MR) is 99.3 cm³/mol. The normalized spacial score (nSPS) is 47.7. The van der Waals surface area contributed by atoms with Gasteiger partial charge in [-0.1, -0.05) is 20.8 Å². The number of carbonyl (C=O) groups is 3. The van der Waals surface area contributed by atoms with E-state index >= 15 is 0 Å². The molecule has 0 aromatic heterocycles. The molecule has 0 spiro atoms. The van der Waals surface area contributed by atoms with Crippen LogP contribution < -0.4 is 5.32 Å². The summed E-state index contributed by atoms with van der Waals surface area (Å²) in [5, 5.41) is 3.05. The number of amides is 1. The molecule has 4 rings (SSSR count). The SMILES string of the molecule is CCC(=O)N[C@H]1C(=O)C[C@H]2[C@@H]3CC[C@H]4CC(=O)CC[C@]4(C)[C@H]3CC[C@]12C. The van der Waals surface area contributed by atoms with Gasteiger partial charge < -0.3 is 5.32 Å². The van der Waals surface area contributed by atoms with Crippen LogP contribution in [0.4, 0.5) is 0 Å². The number of fused-ring (bicyclic) bond motifs is 5. The highest BCUT2D eigenvalue weighted by molar-refractivity contribution is 5.92. The summed E-state index contributed by atoms with van der Waals surface area (Å²) in [4.78, 5) is 36.8. The largest absolute Gasteiger partial charge is 0.346 e. The fraction of sp³-hybridized carbons (Fsp3) is 0.864. The van der Waals surface area contributed by atoms with Gasteiger partial charge in [-0.3, -0.25) is 14.4 Å². The first-order valence-corrected chi connectivity index (χ1v) is 10.6. The van der Waals surface area contributed by atoms with Crippen LogP contribution in [0.15, 0.2) is 0 Å². The van der Waals surface area contributed by atoms with Gasteiger partial charge in [0.15, 0.2) is 5.78 Å². The van der Waals surface area contributed by atoms with E-state index in [4.69, 9.17) is 0 Å². The fourth-order valence-electron chi connectivity index (χ4n) is 7.35. The van der Waals surface area contributed by atoms with E-state index in [1.54, 1.807) is 0 Å². The molecule has 4 heteroatoms. The lowest BCUT2D eigenvalue weighted by atomic mass is 9.45. The molecule has 1 N–H and O–H groups in total. The quantitative estimate of drug-likeness (QED) is 0.818. The Labute approximate surface area is 156 Å². The molecule has 0 saturated heterocycles. The summed E-state index contributed by atoms with van der Waals surface area (Å²) in [5.74, 6) is 2.84. The standard InChI is InChI=1S/C22H33NO3/c1-4-19(26)23-20-18(25)12-17-15-6-5-13-11-14(24)7-9-21(13,2)16(15)8-10-22(17,20)3/h13,15-17,20H,4-12H2,1-3H3,(H,23,26)/t13-,15+,16-,17-,20-,21-,22-/m0/s1. The van der Waals surface area contributed by atoms with Gasteiger partial charge in [-0.2, -0.15) is 0 Å². The molecule has 0 heterocycles. The van der Waals surface area contributed by atoms with Crippen LogP contribution in [0.3, 0.4) is 0 Å². The number of hydrogen-bond donors (Lipinski definition) is 1. The highest BCUT2D eigenvalue weighted by Crippen LogP contribution is 2.65. The van der Waals surface area contributed by atoms with Crippen molar-refractivity contribution in [3.05, 3.63) is 0 Å². The number of rotatable bonds is 2. The molecule has 4 saturated carbocycles. The molecule has 4 nitrogen and oxygen atoms in total. The molecular weight excluding hydrogens is 326 g/mol. The zero-order valence-electron chi connectivity index (χ0n) is 16.5. The number of hydrogen-bond acceptors (Lipinski definition) is 3. The Hall–Kier alpha value is -1.19. The van der Waals surface area contributed by atoms with E-state index in [9.17, 15) is 14.4 Å². The molecular formula is C22H33NO3. The first-order valence-electron chi connectivity index (χ1n) is 10.6. The summed E-state index contributed by atoms with van der Waals surface area (Å²) in [6.45, 7) is 6.52. The van der Waals surface area contributed by atoms with Crippen molar-refractivity contribution < 1.29 is 14.4 Å². The number of nitrogens with one attached hydrogen (secondary N) is 1. The van der Waals surface area contributed by atoms with Crippen molar-refractivity contribution in [2.75, 3.05) is 0 Å². The predicted octanol–water partition coefficient (Wildman–Crippen LogP) is 3.67. The monoisotopic (exact) mass is 359 g/mol. The molecule has 7 atom stereocenters. The molecule has 4 fully saturated rings. The van der Waals surface area contributed by atoms with Crippen LogP contribution in [0.5, 0.6) is 0 Å². The number of ketones is 2. The Balaban J connectivity index is 1.60. The summed E-state index contributed by atoms with van der Waals surface area (Å²) < 4.78 is 0. The summed E-state index contributed by atoms with van der Waals surface area (Å²) in [7, 11) is 0. The van der Waals surface area contributed by atoms with Gasteiger partial charge in [0.2, 0.25) is 5.91 Å². The molecule has 0 aliphatic heterocycles. The van der Waals surface area contributed by atoms with Crippen LogP contribution >= 0.6 is 0 Å². The van der Waals surface area contributed by atoms with Gasteiger partial charge in [0.1, 0.15) is 5.78 Å². The molecule has 0 radical (unpaired) electrons. The zero-order chi connectivity index (χ0) is 18.7. The number of Topliss-reactive ketones (excluding diaryl/α,β-unsaturated/α-hetero) is 2. The third-order valence-corrected chi connectivity index (χ3v) is 8.95. The van der Waals surface area contributed by atoms with Crippen molar-refractivity contribution in [3.63, 3.8) is 0 Å². The lowest BCUT2D eigenvalue weighted by Crippen LogP contribution is -2.56. The molecule has 0 unspecified atom stereocenters. The van der Waals surface area contributed by atoms with E-state index in [0.29, 0.717) is 42.3 Å². The third kappa shape index (κ3) is 2.51. The van der Waals surface area contributed by atoms with Crippen LogP contribution in [-0.4, -0.2) is 23.5 Å². The Morgan fingerprint density at radius 1 is 1.04 bits per heavy atom. The average Bonchev–Trinajstić information content (AvgIpc) is 2.86. The summed E-state index contributed by atoms with van der Waals surface area (Å²) in [6.07, 6.45) is 8.07. The van der Waals surface area contributed by atoms with Gasteiger partial charge in [-0.15, -0.1) is 0 Å². The van der Waals surface area contributed by atoms with Gasteiger partial charge in [-0.05, 0) is 66.6 Å². The van der Waals surface area contributed by atoms with Crippen molar-refractivity contribution in [1.29, 1.82) is 0 Å². The Morgan fingerprint density at radius 2 is 1.81 bits per heavy atom. The summed E-state index contributed by atoms with van der Waals surface area (Å²) >= 11 is 0. The van der Waals surface area contributed by atoms with Crippen LogP contribution in [0, 0.1) is 34.5 Å². The second-order valence-corrected chi connectivity index (χ2v) is 9.97. The first-order chi connectivity index (χ1) is 12.3. The number of carbonyl (C=O) groups excluding carboxylic acids is 3. The maximum Gasteiger partial charge on any atom is 0.220 e. The van der Waals surface area contributed by atoms with E-state index < -0.39 is 0 Å². The van der Waals surface area contributed by atoms with E-state index in [1.807, 2.05) is 6.92 Å². The third-order valence-electron chi connectivity index (χ3n) is 8.95. The van der Waals surface area contributed by atoms with Gasteiger partial charge in [0.05, 0.1) is 6.04 Å². The topological polar surface area (TPSA) is 63.2 Å². The lowest BCUT2D eigenvalue weighted by Gasteiger charge is -2.60. The smallest absolute Gasteiger partial charge is 0.220 e. The maximum atomic E-state index is 12.8. The van der Waals surface area contributed by atoms with Crippen molar-refractivity contribution in [2.45, 2.75) is 84.6 Å². The molecule has 144 valence electrons. The summed E-state index contributed by atoms with van der Waals surface area (Å²) in [6, 6.07) is -0.292. The summed E-state index contributed by atoms with van der Waals surface area (Å²) in [5.41, 5.74) is 0.183. The highest BCUT2D eigenvalue weighted by atomic mass is 16.2. The van der Waals surface area contributed by atoms with Gasteiger partial charge in [0.25, 0.3) is 0 Å². The van der Waals surface area contributed by atoms with Gasteiger partial charge >= 0.3 is 0 Å². The van der Waals surface area contributed by atoms with Crippen LogP contribution in [0.25, 0.3) is 0 Å². The lowest BCUT2D eigenvalue weighted by molar-refractivity contribution is -0.139. The van der Waals surface area contributed by atoms with Gasteiger partial charge in [0, 0.05) is 25.7 Å². The molecule has 0 aromatic rings. The van der Waals surface area contributed by atoms with Crippen LogP contribution in [0.2, 0.25) is 0 Å². The minimum absolute atomic E-state index is 0.00573.